The number of methoxy groups -OCH3 is 3. The van der Waals surface area contributed by atoms with E-state index < -0.39 is 5.91 Å². The van der Waals surface area contributed by atoms with Crippen LogP contribution in [0.25, 0.3) is 0 Å². The molecule has 0 saturated heterocycles. The quantitative estimate of drug-likeness (QED) is 0.769. The molecular formula is C18H22N2O6. The summed E-state index contributed by atoms with van der Waals surface area (Å²) in [7, 11) is 6.04. The van der Waals surface area contributed by atoms with Gasteiger partial charge >= 0.3 is 0 Å². The molecule has 8 nitrogen and oxygen atoms in total. The molecule has 0 aliphatic rings. The molecule has 2 aromatic rings. The van der Waals surface area contributed by atoms with Crippen LogP contribution < -0.4 is 19.5 Å². The summed E-state index contributed by atoms with van der Waals surface area (Å²) in [5, 5.41) is 2.59. The minimum atomic E-state index is -0.427. The van der Waals surface area contributed by atoms with Crippen molar-refractivity contribution in [3.05, 3.63) is 41.9 Å². The minimum Gasteiger partial charge on any atom is -0.493 e. The second-order valence-electron chi connectivity index (χ2n) is 5.43. The maximum Gasteiger partial charge on any atom is 0.251 e. The lowest BCUT2D eigenvalue weighted by Gasteiger charge is -2.17. The number of furan rings is 1. The Bertz CT molecular complexity index is 732. The average molecular weight is 362 g/mol. The van der Waals surface area contributed by atoms with E-state index in [0.717, 1.165) is 0 Å². The van der Waals surface area contributed by atoms with Crippen LogP contribution in [0.4, 0.5) is 0 Å². The van der Waals surface area contributed by atoms with Crippen LogP contribution in [-0.4, -0.2) is 51.6 Å². The standard InChI is InChI=1S/C18H22N2O6/c1-20(11-13-6-5-7-26-13)16(21)10-19-18(22)12-8-14(23-2)17(25-4)15(9-12)24-3/h5-9H,10-11H2,1-4H3,(H,19,22). The zero-order chi connectivity index (χ0) is 19.1. The zero-order valence-corrected chi connectivity index (χ0v) is 15.2. The van der Waals surface area contributed by atoms with Gasteiger partial charge in [0, 0.05) is 12.6 Å². The number of rotatable bonds is 8. The van der Waals surface area contributed by atoms with E-state index in [1.54, 1.807) is 25.4 Å². The third-order valence-corrected chi connectivity index (χ3v) is 3.73. The number of hydrogen-bond donors (Lipinski definition) is 1. The highest BCUT2D eigenvalue weighted by Crippen LogP contribution is 2.38. The normalized spacial score (nSPS) is 10.2. The van der Waals surface area contributed by atoms with Crippen molar-refractivity contribution in [2.75, 3.05) is 34.9 Å². The molecule has 0 saturated carbocycles. The number of carbonyl (C=O) groups is 2. The highest BCUT2D eigenvalue weighted by Gasteiger charge is 2.18. The van der Waals surface area contributed by atoms with Gasteiger partial charge < -0.3 is 28.8 Å². The second kappa shape index (κ2) is 8.80. The largest absolute Gasteiger partial charge is 0.493 e. The summed E-state index contributed by atoms with van der Waals surface area (Å²) in [5.41, 5.74) is 0.293. The Morgan fingerprint density at radius 3 is 2.27 bits per heavy atom. The SMILES string of the molecule is COc1cc(C(=O)NCC(=O)N(C)Cc2ccco2)cc(OC)c1OC. The van der Waals surface area contributed by atoms with Gasteiger partial charge in [0.25, 0.3) is 5.91 Å². The monoisotopic (exact) mass is 362 g/mol. The van der Waals surface area contributed by atoms with Gasteiger partial charge in [-0.3, -0.25) is 9.59 Å². The van der Waals surface area contributed by atoms with Gasteiger partial charge in [-0.15, -0.1) is 0 Å². The summed E-state index contributed by atoms with van der Waals surface area (Å²) >= 11 is 0. The number of ether oxygens (including phenoxy) is 3. The molecule has 2 rings (SSSR count). The molecule has 140 valence electrons. The van der Waals surface area contributed by atoms with Crippen molar-refractivity contribution in [1.82, 2.24) is 10.2 Å². The van der Waals surface area contributed by atoms with Crippen LogP contribution >= 0.6 is 0 Å². The van der Waals surface area contributed by atoms with Gasteiger partial charge in [-0.1, -0.05) is 0 Å². The molecule has 1 aromatic carbocycles. The highest BCUT2D eigenvalue weighted by molar-refractivity contribution is 5.97. The first-order valence-electron chi connectivity index (χ1n) is 7.84. The molecule has 0 fully saturated rings. The molecule has 26 heavy (non-hydrogen) atoms. The van der Waals surface area contributed by atoms with Gasteiger partial charge in [-0.25, -0.2) is 0 Å². The molecular weight excluding hydrogens is 340 g/mol. The first-order chi connectivity index (χ1) is 12.5. The van der Waals surface area contributed by atoms with E-state index in [1.807, 2.05) is 0 Å². The van der Waals surface area contributed by atoms with E-state index in [0.29, 0.717) is 35.1 Å². The van der Waals surface area contributed by atoms with Crippen molar-refractivity contribution < 1.29 is 28.2 Å². The third kappa shape index (κ3) is 4.47. The fourth-order valence-electron chi connectivity index (χ4n) is 2.33. The number of carbonyl (C=O) groups excluding carboxylic acids is 2. The first-order valence-corrected chi connectivity index (χ1v) is 7.84. The predicted molar refractivity (Wildman–Crippen MR) is 93.6 cm³/mol. The van der Waals surface area contributed by atoms with Gasteiger partial charge in [0.05, 0.1) is 40.7 Å². The smallest absolute Gasteiger partial charge is 0.251 e. The molecule has 0 spiro atoms. The number of nitrogens with one attached hydrogen (secondary N) is 1. The fraction of sp³-hybridized carbons (Fsp3) is 0.333. The highest BCUT2D eigenvalue weighted by atomic mass is 16.5. The summed E-state index contributed by atoms with van der Waals surface area (Å²) < 4.78 is 20.9. The van der Waals surface area contributed by atoms with Gasteiger partial charge in [0.2, 0.25) is 11.7 Å². The minimum absolute atomic E-state index is 0.146. The predicted octanol–water partition coefficient (Wildman–Crippen LogP) is 1.69. The number of benzene rings is 1. The summed E-state index contributed by atoms with van der Waals surface area (Å²) in [5.74, 6) is 1.10. The van der Waals surface area contributed by atoms with Crippen molar-refractivity contribution in [2.45, 2.75) is 6.54 Å². The lowest BCUT2D eigenvalue weighted by atomic mass is 10.1. The molecule has 1 heterocycles. The second-order valence-corrected chi connectivity index (χ2v) is 5.43. The maximum atomic E-state index is 12.4. The summed E-state index contributed by atoms with van der Waals surface area (Å²) in [6.07, 6.45) is 1.54. The van der Waals surface area contributed by atoms with Gasteiger partial charge in [-0.05, 0) is 24.3 Å². The average Bonchev–Trinajstić information content (AvgIpc) is 3.17. The van der Waals surface area contributed by atoms with Crippen LogP contribution in [0.15, 0.2) is 34.9 Å². The van der Waals surface area contributed by atoms with Gasteiger partial charge in [0.1, 0.15) is 5.76 Å². The Morgan fingerprint density at radius 2 is 1.77 bits per heavy atom. The van der Waals surface area contributed by atoms with Crippen LogP contribution in [0, 0.1) is 0 Å². The Balaban J connectivity index is 2.02. The van der Waals surface area contributed by atoms with E-state index in [4.69, 9.17) is 18.6 Å². The van der Waals surface area contributed by atoms with Crippen molar-refractivity contribution >= 4 is 11.8 Å². The van der Waals surface area contributed by atoms with Gasteiger partial charge in [-0.2, -0.15) is 0 Å². The maximum absolute atomic E-state index is 12.4. The van der Waals surface area contributed by atoms with Crippen molar-refractivity contribution in [3.63, 3.8) is 0 Å². The zero-order valence-electron chi connectivity index (χ0n) is 15.2. The summed E-state index contributed by atoms with van der Waals surface area (Å²) in [4.78, 5) is 26.0. The Labute approximate surface area is 151 Å². The lowest BCUT2D eigenvalue weighted by molar-refractivity contribution is -0.129. The molecule has 8 heteroatoms. The molecule has 0 aliphatic carbocycles. The molecule has 0 radical (unpaired) electrons. The van der Waals surface area contributed by atoms with Crippen LogP contribution in [0.3, 0.4) is 0 Å². The lowest BCUT2D eigenvalue weighted by Crippen LogP contribution is -2.37. The van der Waals surface area contributed by atoms with Crippen LogP contribution in [-0.2, 0) is 11.3 Å². The van der Waals surface area contributed by atoms with E-state index in [1.165, 1.54) is 38.4 Å². The van der Waals surface area contributed by atoms with E-state index >= 15 is 0 Å². The third-order valence-electron chi connectivity index (χ3n) is 3.73. The molecule has 0 aliphatic heterocycles. The van der Waals surface area contributed by atoms with Crippen LogP contribution in [0.5, 0.6) is 17.2 Å². The van der Waals surface area contributed by atoms with Crippen molar-refractivity contribution in [1.29, 1.82) is 0 Å². The summed E-state index contributed by atoms with van der Waals surface area (Å²) in [6, 6.07) is 6.57. The molecule has 0 atom stereocenters. The van der Waals surface area contributed by atoms with E-state index in [9.17, 15) is 9.59 Å². The van der Waals surface area contributed by atoms with E-state index in [2.05, 4.69) is 5.32 Å². The Hall–Kier alpha value is -3.16. The fourth-order valence-corrected chi connectivity index (χ4v) is 2.33. The number of nitrogens with zero attached hydrogens (tertiary/aromatic N) is 1. The molecule has 1 aromatic heterocycles. The number of likely N-dealkylation sites (N-methyl/N-ethyl adjacent to an activating group) is 1. The van der Waals surface area contributed by atoms with Crippen molar-refractivity contribution in [2.24, 2.45) is 0 Å². The molecule has 1 N–H and O–H groups in total. The molecule has 2 amide bonds. The Morgan fingerprint density at radius 1 is 1.12 bits per heavy atom. The molecule has 0 bridgehead atoms. The number of hydrogen-bond acceptors (Lipinski definition) is 6. The molecule has 0 unspecified atom stereocenters. The summed E-state index contributed by atoms with van der Waals surface area (Å²) in [6.45, 7) is 0.179. The van der Waals surface area contributed by atoms with Crippen molar-refractivity contribution in [3.8, 4) is 17.2 Å². The van der Waals surface area contributed by atoms with Crippen LogP contribution in [0.2, 0.25) is 0 Å². The number of amides is 2. The Kier molecular flexibility index (Phi) is 6.48. The first kappa shape index (κ1) is 19.2. The topological polar surface area (TPSA) is 90.2 Å². The van der Waals surface area contributed by atoms with E-state index in [-0.39, 0.29) is 12.5 Å². The van der Waals surface area contributed by atoms with Gasteiger partial charge in [0.15, 0.2) is 11.5 Å². The van der Waals surface area contributed by atoms with Crippen LogP contribution in [0.1, 0.15) is 16.1 Å².